The molecule has 0 fully saturated rings. The third-order valence-electron chi connectivity index (χ3n) is 4.95. The van der Waals surface area contributed by atoms with E-state index >= 15 is 0 Å². The van der Waals surface area contributed by atoms with Crippen LogP contribution < -0.4 is 5.32 Å². The minimum Gasteiger partial charge on any atom is -0.462 e. The Balaban J connectivity index is 1.81. The Labute approximate surface area is 164 Å². The highest BCUT2D eigenvalue weighted by atomic mass is 16.5. The maximum absolute atomic E-state index is 12.7. The molecule has 1 unspecified atom stereocenters. The first-order chi connectivity index (χ1) is 13.3. The SMILES string of the molecule is Cc1cnc(C2=NC(C)(C(C)C)C(=O)N2)c(C(=O)OCCc2ccccn2)c1. The number of rotatable bonds is 6. The Bertz CT molecular complexity index is 925. The van der Waals surface area contributed by atoms with E-state index < -0.39 is 11.5 Å². The monoisotopic (exact) mass is 380 g/mol. The predicted octanol–water partition coefficient (Wildman–Crippen LogP) is 2.48. The molecule has 7 nitrogen and oxygen atoms in total. The third-order valence-corrected chi connectivity index (χ3v) is 4.95. The van der Waals surface area contributed by atoms with Crippen molar-refractivity contribution in [3.63, 3.8) is 0 Å². The fourth-order valence-electron chi connectivity index (χ4n) is 2.83. The molecule has 0 bridgehead atoms. The molecule has 1 amide bonds. The van der Waals surface area contributed by atoms with Crippen LogP contribution in [0, 0.1) is 12.8 Å². The Hall–Kier alpha value is -3.09. The smallest absolute Gasteiger partial charge is 0.340 e. The standard InChI is InChI=1S/C21H24N4O3/c1-13(2)21(4)20(27)24-18(25-21)17-16(11-14(3)12-23-17)19(26)28-10-8-15-7-5-6-9-22-15/h5-7,9,11-13H,8,10H2,1-4H3,(H,24,25,27). The van der Waals surface area contributed by atoms with Crippen molar-refractivity contribution < 1.29 is 14.3 Å². The van der Waals surface area contributed by atoms with Gasteiger partial charge in [-0.05, 0) is 43.5 Å². The molecule has 2 aromatic rings. The van der Waals surface area contributed by atoms with Crippen molar-refractivity contribution in [2.75, 3.05) is 6.61 Å². The molecule has 1 N–H and O–H groups in total. The molecule has 1 aliphatic heterocycles. The van der Waals surface area contributed by atoms with E-state index in [0.717, 1.165) is 11.3 Å². The summed E-state index contributed by atoms with van der Waals surface area (Å²) >= 11 is 0. The lowest BCUT2D eigenvalue weighted by molar-refractivity contribution is -0.124. The number of pyridine rings is 2. The number of nitrogens with one attached hydrogen (secondary N) is 1. The molecule has 2 aromatic heterocycles. The third kappa shape index (κ3) is 3.93. The largest absolute Gasteiger partial charge is 0.462 e. The van der Waals surface area contributed by atoms with Gasteiger partial charge in [-0.1, -0.05) is 19.9 Å². The summed E-state index contributed by atoms with van der Waals surface area (Å²) in [6.45, 7) is 7.68. The van der Waals surface area contributed by atoms with Crippen LogP contribution >= 0.6 is 0 Å². The molecule has 3 rings (SSSR count). The van der Waals surface area contributed by atoms with E-state index in [9.17, 15) is 9.59 Å². The van der Waals surface area contributed by atoms with Crippen LogP contribution in [0.15, 0.2) is 41.7 Å². The van der Waals surface area contributed by atoms with Gasteiger partial charge in [-0.2, -0.15) is 0 Å². The summed E-state index contributed by atoms with van der Waals surface area (Å²) in [5, 5.41) is 2.77. The van der Waals surface area contributed by atoms with E-state index in [1.165, 1.54) is 0 Å². The van der Waals surface area contributed by atoms with Crippen molar-refractivity contribution >= 4 is 17.7 Å². The minimum absolute atomic E-state index is 0.00391. The topological polar surface area (TPSA) is 93.5 Å². The number of esters is 1. The second-order valence-corrected chi connectivity index (χ2v) is 7.33. The summed E-state index contributed by atoms with van der Waals surface area (Å²) < 4.78 is 5.43. The Morgan fingerprint density at radius 3 is 2.71 bits per heavy atom. The zero-order valence-corrected chi connectivity index (χ0v) is 16.5. The van der Waals surface area contributed by atoms with Crippen LogP contribution in [-0.2, 0) is 16.0 Å². The van der Waals surface area contributed by atoms with Gasteiger partial charge in [0.15, 0.2) is 5.84 Å². The highest BCUT2D eigenvalue weighted by Gasteiger charge is 2.43. The molecule has 0 spiro atoms. The summed E-state index contributed by atoms with van der Waals surface area (Å²) in [7, 11) is 0. The van der Waals surface area contributed by atoms with Crippen molar-refractivity contribution in [1.82, 2.24) is 15.3 Å². The number of amides is 1. The first-order valence-electron chi connectivity index (χ1n) is 9.26. The van der Waals surface area contributed by atoms with Crippen molar-refractivity contribution in [2.45, 2.75) is 39.7 Å². The lowest BCUT2D eigenvalue weighted by atomic mass is 9.89. The second kappa shape index (κ2) is 7.88. The molecule has 0 saturated heterocycles. The zero-order valence-electron chi connectivity index (χ0n) is 16.5. The molecular weight excluding hydrogens is 356 g/mol. The summed E-state index contributed by atoms with van der Waals surface area (Å²) in [5.74, 6) is -0.395. The quantitative estimate of drug-likeness (QED) is 0.777. The van der Waals surface area contributed by atoms with E-state index in [0.29, 0.717) is 18.0 Å². The average Bonchev–Trinajstić information content (AvgIpc) is 2.98. The van der Waals surface area contributed by atoms with E-state index in [2.05, 4.69) is 20.3 Å². The highest BCUT2D eigenvalue weighted by Crippen LogP contribution is 2.27. The maximum Gasteiger partial charge on any atom is 0.340 e. The number of nitrogens with zero attached hydrogens (tertiary/aromatic N) is 3. The van der Waals surface area contributed by atoms with Crippen molar-refractivity contribution in [2.24, 2.45) is 10.9 Å². The Morgan fingerprint density at radius 2 is 2.07 bits per heavy atom. The number of aryl methyl sites for hydroxylation is 1. The van der Waals surface area contributed by atoms with Gasteiger partial charge in [-0.15, -0.1) is 0 Å². The van der Waals surface area contributed by atoms with Gasteiger partial charge in [-0.3, -0.25) is 14.8 Å². The molecule has 0 aliphatic carbocycles. The fraction of sp³-hybridized carbons (Fsp3) is 0.381. The summed E-state index contributed by atoms with van der Waals surface area (Å²) in [6, 6.07) is 7.30. The lowest BCUT2D eigenvalue weighted by Gasteiger charge is -2.21. The van der Waals surface area contributed by atoms with E-state index in [-0.39, 0.29) is 24.0 Å². The van der Waals surface area contributed by atoms with Crippen LogP contribution in [0.1, 0.15) is 48.1 Å². The average molecular weight is 380 g/mol. The number of hydrogen-bond acceptors (Lipinski definition) is 6. The predicted molar refractivity (Wildman–Crippen MR) is 105 cm³/mol. The number of carbonyl (C=O) groups is 2. The van der Waals surface area contributed by atoms with E-state index in [1.807, 2.05) is 39.0 Å². The van der Waals surface area contributed by atoms with Crippen LogP contribution in [0.5, 0.6) is 0 Å². The number of ether oxygens (including phenoxy) is 1. The number of hydrogen-bond donors (Lipinski definition) is 1. The number of aromatic nitrogens is 2. The Kier molecular flexibility index (Phi) is 5.53. The van der Waals surface area contributed by atoms with E-state index in [1.54, 1.807) is 25.4 Å². The van der Waals surface area contributed by atoms with Crippen LogP contribution in [0.3, 0.4) is 0 Å². The number of amidine groups is 1. The van der Waals surface area contributed by atoms with Gasteiger partial charge in [0.25, 0.3) is 5.91 Å². The van der Waals surface area contributed by atoms with Crippen LogP contribution in [0.4, 0.5) is 0 Å². The van der Waals surface area contributed by atoms with Crippen LogP contribution in [-0.4, -0.2) is 39.8 Å². The van der Waals surface area contributed by atoms with E-state index in [4.69, 9.17) is 4.74 Å². The van der Waals surface area contributed by atoms with Gasteiger partial charge in [0.2, 0.25) is 0 Å². The first-order valence-corrected chi connectivity index (χ1v) is 9.26. The number of aliphatic imine (C=N–C) groups is 1. The fourth-order valence-corrected chi connectivity index (χ4v) is 2.83. The Morgan fingerprint density at radius 1 is 1.29 bits per heavy atom. The number of carbonyl (C=O) groups excluding carboxylic acids is 2. The van der Waals surface area contributed by atoms with Crippen molar-refractivity contribution in [3.8, 4) is 0 Å². The van der Waals surface area contributed by atoms with Gasteiger partial charge in [0.1, 0.15) is 11.2 Å². The molecule has 1 atom stereocenters. The van der Waals surface area contributed by atoms with Crippen LogP contribution in [0.2, 0.25) is 0 Å². The van der Waals surface area contributed by atoms with Gasteiger partial charge in [0.05, 0.1) is 12.2 Å². The molecule has 0 radical (unpaired) electrons. The normalized spacial score (nSPS) is 18.8. The molecule has 7 heteroatoms. The van der Waals surface area contributed by atoms with Crippen molar-refractivity contribution in [3.05, 3.63) is 59.2 Å². The molecule has 28 heavy (non-hydrogen) atoms. The van der Waals surface area contributed by atoms with Crippen LogP contribution in [0.25, 0.3) is 0 Å². The molecular formula is C21H24N4O3. The zero-order chi connectivity index (χ0) is 20.3. The first kappa shape index (κ1) is 19.7. The van der Waals surface area contributed by atoms with Gasteiger partial charge in [-0.25, -0.2) is 9.79 Å². The summed E-state index contributed by atoms with van der Waals surface area (Å²) in [6.07, 6.45) is 3.86. The molecule has 0 saturated carbocycles. The molecule has 0 aromatic carbocycles. The van der Waals surface area contributed by atoms with Crippen molar-refractivity contribution in [1.29, 1.82) is 0 Å². The summed E-state index contributed by atoms with van der Waals surface area (Å²) in [4.78, 5) is 38.2. The summed E-state index contributed by atoms with van der Waals surface area (Å²) in [5.41, 5.74) is 1.39. The van der Waals surface area contributed by atoms with Gasteiger partial charge < -0.3 is 10.1 Å². The second-order valence-electron chi connectivity index (χ2n) is 7.33. The molecule has 1 aliphatic rings. The lowest BCUT2D eigenvalue weighted by Crippen LogP contribution is -2.41. The molecule has 146 valence electrons. The van der Waals surface area contributed by atoms with Gasteiger partial charge >= 0.3 is 5.97 Å². The van der Waals surface area contributed by atoms with Gasteiger partial charge in [0, 0.05) is 24.5 Å². The molecule has 3 heterocycles. The highest BCUT2D eigenvalue weighted by molar-refractivity contribution is 6.17. The maximum atomic E-state index is 12.7. The minimum atomic E-state index is -0.887.